The highest BCUT2D eigenvalue weighted by Crippen LogP contribution is 2.24. The number of hydrogen-bond acceptors (Lipinski definition) is 6. The Balaban J connectivity index is 2.25. The predicted molar refractivity (Wildman–Crippen MR) is 178 cm³/mol. The van der Waals surface area contributed by atoms with Crippen molar-refractivity contribution >= 4 is 17.7 Å². The lowest BCUT2D eigenvalue weighted by Crippen LogP contribution is -2.57. The zero-order valence-corrected chi connectivity index (χ0v) is 28.0. The third-order valence-corrected chi connectivity index (χ3v) is 8.32. The SMILES string of the molecule is CCCC(CCC)CCC(NC(=O)c1cccnc1)C(=O)N[C@@H](CC(C)C)[C@@H](O)[C@H](O)[C@H](C(=O)NCc1ccccc1)C(C)C. The lowest BCUT2D eigenvalue weighted by Gasteiger charge is -2.35. The maximum Gasteiger partial charge on any atom is 0.253 e. The summed E-state index contributed by atoms with van der Waals surface area (Å²) >= 11 is 0. The smallest absolute Gasteiger partial charge is 0.253 e. The Bertz CT molecular complexity index is 1140. The Morgan fingerprint density at radius 3 is 2.02 bits per heavy atom. The van der Waals surface area contributed by atoms with Crippen molar-refractivity contribution < 1.29 is 24.6 Å². The first-order valence-corrected chi connectivity index (χ1v) is 16.7. The molecular weight excluding hydrogens is 568 g/mol. The van der Waals surface area contributed by atoms with E-state index >= 15 is 0 Å². The molecule has 2 aromatic rings. The van der Waals surface area contributed by atoms with Gasteiger partial charge in [-0.25, -0.2) is 0 Å². The van der Waals surface area contributed by atoms with Gasteiger partial charge in [-0.3, -0.25) is 19.4 Å². The average Bonchev–Trinajstić information content (AvgIpc) is 3.01. The van der Waals surface area contributed by atoms with Crippen LogP contribution in [-0.4, -0.2) is 57.2 Å². The zero-order chi connectivity index (χ0) is 33.4. The van der Waals surface area contributed by atoms with E-state index < -0.39 is 42.0 Å². The number of pyridine rings is 1. The molecule has 9 heteroatoms. The number of benzene rings is 1. The molecule has 1 heterocycles. The molecule has 0 aliphatic heterocycles. The minimum absolute atomic E-state index is 0.0727. The van der Waals surface area contributed by atoms with Crippen molar-refractivity contribution in [3.63, 3.8) is 0 Å². The van der Waals surface area contributed by atoms with Crippen LogP contribution in [0, 0.1) is 23.7 Å². The van der Waals surface area contributed by atoms with Crippen molar-refractivity contribution in [2.24, 2.45) is 23.7 Å². The molecule has 45 heavy (non-hydrogen) atoms. The molecule has 0 saturated carbocycles. The number of carbonyl (C=O) groups is 3. The number of rotatable bonds is 20. The van der Waals surface area contributed by atoms with E-state index in [1.165, 1.54) is 6.20 Å². The average molecular weight is 625 g/mol. The molecule has 250 valence electrons. The van der Waals surface area contributed by atoms with Gasteiger partial charge in [-0.2, -0.15) is 0 Å². The van der Waals surface area contributed by atoms with Crippen molar-refractivity contribution in [3.05, 3.63) is 66.0 Å². The van der Waals surface area contributed by atoms with Crippen LogP contribution in [0.25, 0.3) is 0 Å². The van der Waals surface area contributed by atoms with Crippen LogP contribution in [0.15, 0.2) is 54.9 Å². The van der Waals surface area contributed by atoms with E-state index in [0.29, 0.717) is 30.9 Å². The molecule has 0 bridgehead atoms. The maximum absolute atomic E-state index is 13.8. The normalized spacial score (nSPS) is 14.9. The van der Waals surface area contributed by atoms with Crippen LogP contribution >= 0.6 is 0 Å². The van der Waals surface area contributed by atoms with Crippen molar-refractivity contribution in [3.8, 4) is 0 Å². The van der Waals surface area contributed by atoms with Gasteiger partial charge in [0.15, 0.2) is 0 Å². The van der Waals surface area contributed by atoms with Gasteiger partial charge in [0.05, 0.1) is 23.6 Å². The molecule has 9 nitrogen and oxygen atoms in total. The Morgan fingerprint density at radius 1 is 0.800 bits per heavy atom. The van der Waals surface area contributed by atoms with E-state index in [2.05, 4.69) is 34.8 Å². The van der Waals surface area contributed by atoms with Crippen LogP contribution < -0.4 is 16.0 Å². The summed E-state index contributed by atoms with van der Waals surface area (Å²) in [6.45, 7) is 12.2. The topological polar surface area (TPSA) is 141 Å². The summed E-state index contributed by atoms with van der Waals surface area (Å²) in [4.78, 5) is 44.2. The van der Waals surface area contributed by atoms with Crippen LogP contribution in [0.1, 0.15) is 102 Å². The largest absolute Gasteiger partial charge is 0.390 e. The summed E-state index contributed by atoms with van der Waals surface area (Å²) < 4.78 is 0. The third kappa shape index (κ3) is 12.9. The maximum atomic E-state index is 13.8. The number of amides is 3. The molecule has 1 aromatic heterocycles. The van der Waals surface area contributed by atoms with Crippen molar-refractivity contribution in [1.29, 1.82) is 0 Å². The number of hydrogen-bond donors (Lipinski definition) is 5. The Hall–Kier alpha value is -3.30. The highest BCUT2D eigenvalue weighted by molar-refractivity contribution is 5.97. The first-order chi connectivity index (χ1) is 21.5. The highest BCUT2D eigenvalue weighted by Gasteiger charge is 2.39. The summed E-state index contributed by atoms with van der Waals surface area (Å²) in [5.41, 5.74) is 1.28. The van der Waals surface area contributed by atoms with Gasteiger partial charge in [-0.15, -0.1) is 0 Å². The van der Waals surface area contributed by atoms with Gasteiger partial charge >= 0.3 is 0 Å². The van der Waals surface area contributed by atoms with Crippen molar-refractivity contribution in [2.75, 3.05) is 0 Å². The number of aromatic nitrogens is 1. The molecule has 0 saturated heterocycles. The summed E-state index contributed by atoms with van der Waals surface area (Å²) in [6.07, 6.45) is 5.95. The summed E-state index contributed by atoms with van der Waals surface area (Å²) in [6, 6.07) is 11.1. The quantitative estimate of drug-likeness (QED) is 0.140. The fourth-order valence-electron chi connectivity index (χ4n) is 5.94. The van der Waals surface area contributed by atoms with E-state index in [-0.39, 0.29) is 17.7 Å². The number of carbonyl (C=O) groups excluding carboxylic acids is 3. The minimum Gasteiger partial charge on any atom is -0.390 e. The second-order valence-corrected chi connectivity index (χ2v) is 13.0. The van der Waals surface area contributed by atoms with Crippen LogP contribution in [0.3, 0.4) is 0 Å². The second kappa shape index (κ2) is 20.0. The zero-order valence-electron chi connectivity index (χ0n) is 28.0. The molecule has 0 radical (unpaired) electrons. The molecule has 5 atom stereocenters. The van der Waals surface area contributed by atoms with E-state index in [1.54, 1.807) is 18.3 Å². The van der Waals surface area contributed by atoms with Crippen molar-refractivity contribution in [1.82, 2.24) is 20.9 Å². The molecule has 5 N–H and O–H groups in total. The molecule has 1 unspecified atom stereocenters. The number of nitrogens with one attached hydrogen (secondary N) is 3. The number of aliphatic hydroxyl groups excluding tert-OH is 2. The minimum atomic E-state index is -1.42. The molecule has 0 aliphatic carbocycles. The van der Waals surface area contributed by atoms with E-state index in [4.69, 9.17) is 0 Å². The molecule has 0 fully saturated rings. The summed E-state index contributed by atoms with van der Waals surface area (Å²) in [7, 11) is 0. The highest BCUT2D eigenvalue weighted by atomic mass is 16.3. The number of aliphatic hydroxyl groups is 2. The van der Waals surface area contributed by atoms with Gasteiger partial charge in [0.1, 0.15) is 12.1 Å². The lowest BCUT2D eigenvalue weighted by atomic mass is 9.83. The van der Waals surface area contributed by atoms with Gasteiger partial charge in [-0.1, -0.05) is 97.6 Å². The molecule has 0 spiro atoms. The molecule has 0 aliphatic rings. The van der Waals surface area contributed by atoms with Crippen LogP contribution in [0.4, 0.5) is 0 Å². The van der Waals surface area contributed by atoms with E-state index in [0.717, 1.165) is 37.7 Å². The van der Waals surface area contributed by atoms with Gasteiger partial charge in [-0.05, 0) is 54.7 Å². The van der Waals surface area contributed by atoms with Crippen molar-refractivity contribution in [2.45, 2.75) is 117 Å². The standard InChI is InChI=1S/C36H56N4O5/c1-7-13-26(14-8-2)18-19-29(39-34(43)28-17-12-20-37-23-28)35(44)40-30(21-24(3)4)32(41)33(42)31(25(5)6)36(45)38-22-27-15-10-9-11-16-27/h9-12,15-17,20,23-26,29-33,41-42H,7-8,13-14,18-19,21-22H2,1-6H3,(H,38,45)(H,39,43)(H,40,44)/t29?,30-,31+,32+,33+/m0/s1. The second-order valence-electron chi connectivity index (χ2n) is 13.0. The fourth-order valence-corrected chi connectivity index (χ4v) is 5.94. The van der Waals surface area contributed by atoms with Crippen LogP contribution in [0.2, 0.25) is 0 Å². The molecule has 1 aromatic carbocycles. The van der Waals surface area contributed by atoms with Gasteiger partial charge < -0.3 is 26.2 Å². The monoisotopic (exact) mass is 624 g/mol. The first kappa shape index (κ1) is 37.9. The predicted octanol–water partition coefficient (Wildman–Crippen LogP) is 5.02. The Labute approximate surface area is 270 Å². The van der Waals surface area contributed by atoms with Gasteiger partial charge in [0.2, 0.25) is 11.8 Å². The number of nitrogens with zero attached hydrogens (tertiary/aromatic N) is 1. The van der Waals surface area contributed by atoms with Gasteiger partial charge in [0, 0.05) is 18.9 Å². The summed E-state index contributed by atoms with van der Waals surface area (Å²) in [5.74, 6) is -1.86. The first-order valence-electron chi connectivity index (χ1n) is 16.7. The van der Waals surface area contributed by atoms with E-state index in [1.807, 2.05) is 58.0 Å². The van der Waals surface area contributed by atoms with Crippen LogP contribution in [0.5, 0.6) is 0 Å². The van der Waals surface area contributed by atoms with E-state index in [9.17, 15) is 24.6 Å². The van der Waals surface area contributed by atoms with Crippen LogP contribution in [-0.2, 0) is 16.1 Å². The molecular formula is C36H56N4O5. The fraction of sp³-hybridized carbons (Fsp3) is 0.611. The van der Waals surface area contributed by atoms with Gasteiger partial charge in [0.25, 0.3) is 5.91 Å². The Kier molecular flexibility index (Phi) is 16.8. The summed E-state index contributed by atoms with van der Waals surface area (Å²) in [5, 5.41) is 31.6. The Morgan fingerprint density at radius 2 is 1.47 bits per heavy atom. The lowest BCUT2D eigenvalue weighted by molar-refractivity contribution is -0.137. The molecule has 3 amide bonds. The third-order valence-electron chi connectivity index (χ3n) is 8.32. The molecule has 2 rings (SSSR count).